The van der Waals surface area contributed by atoms with Gasteiger partial charge in [-0.05, 0) is 6.42 Å². The molecule has 2 rings (SSSR count). The maximum absolute atomic E-state index is 5.73. The Morgan fingerprint density at radius 2 is 2.67 bits per heavy atom. The van der Waals surface area contributed by atoms with Gasteiger partial charge >= 0.3 is 0 Å². The number of rotatable bonds is 2. The van der Waals surface area contributed by atoms with E-state index in [1.165, 1.54) is 0 Å². The van der Waals surface area contributed by atoms with E-state index in [-0.39, 0.29) is 0 Å². The Hall–Kier alpha value is -0.540. The van der Waals surface area contributed by atoms with E-state index in [0.717, 1.165) is 26.2 Å². The Morgan fingerprint density at radius 3 is 3.25 bits per heavy atom. The highest BCUT2D eigenvalue weighted by Gasteiger charge is 2.16. The molecule has 12 heavy (non-hydrogen) atoms. The minimum Gasteiger partial charge on any atom is -0.381 e. The first-order valence-electron chi connectivity index (χ1n) is 4.10. The van der Waals surface area contributed by atoms with Crippen molar-refractivity contribution in [2.45, 2.75) is 13.0 Å². The van der Waals surface area contributed by atoms with Crippen LogP contribution in [0.15, 0.2) is 12.4 Å². The Morgan fingerprint density at radius 1 is 1.75 bits per heavy atom. The molecule has 0 N–H and O–H groups in total. The van der Waals surface area contributed by atoms with Crippen LogP contribution in [-0.4, -0.2) is 23.0 Å². The summed E-state index contributed by atoms with van der Waals surface area (Å²) in [7, 11) is 0. The summed E-state index contributed by atoms with van der Waals surface area (Å²) in [4.78, 5) is 0. The minimum atomic E-state index is 0.612. The molecule has 0 bridgehead atoms. The number of hydrogen-bond acceptors (Lipinski definition) is 2. The second-order valence-electron chi connectivity index (χ2n) is 3.11. The van der Waals surface area contributed by atoms with Crippen LogP contribution in [0.1, 0.15) is 6.42 Å². The van der Waals surface area contributed by atoms with Gasteiger partial charge in [-0.1, -0.05) is 11.6 Å². The molecular weight excluding hydrogens is 176 g/mol. The first kappa shape index (κ1) is 8.08. The van der Waals surface area contributed by atoms with Gasteiger partial charge in [-0.3, -0.25) is 4.68 Å². The zero-order valence-electron chi connectivity index (χ0n) is 6.74. The third-order valence-electron chi connectivity index (χ3n) is 2.07. The lowest BCUT2D eigenvalue weighted by molar-refractivity contribution is 0.181. The highest BCUT2D eigenvalue weighted by atomic mass is 35.5. The lowest BCUT2D eigenvalue weighted by Gasteiger charge is -2.06. The van der Waals surface area contributed by atoms with E-state index in [1.54, 1.807) is 6.20 Å². The molecule has 2 heterocycles. The van der Waals surface area contributed by atoms with Gasteiger partial charge in [-0.15, -0.1) is 0 Å². The number of ether oxygens (including phenoxy) is 1. The molecule has 0 aromatic carbocycles. The van der Waals surface area contributed by atoms with Gasteiger partial charge < -0.3 is 4.74 Å². The van der Waals surface area contributed by atoms with Gasteiger partial charge in [0.25, 0.3) is 0 Å². The molecule has 0 amide bonds. The van der Waals surface area contributed by atoms with Crippen molar-refractivity contribution in [3.63, 3.8) is 0 Å². The molecule has 1 saturated heterocycles. The van der Waals surface area contributed by atoms with E-state index in [2.05, 4.69) is 5.10 Å². The molecule has 0 radical (unpaired) electrons. The van der Waals surface area contributed by atoms with Crippen molar-refractivity contribution in [1.82, 2.24) is 9.78 Å². The Bertz CT molecular complexity index is 255. The Kier molecular flexibility index (Phi) is 2.33. The van der Waals surface area contributed by atoms with Crippen molar-refractivity contribution in [1.29, 1.82) is 0 Å². The summed E-state index contributed by atoms with van der Waals surface area (Å²) in [5.74, 6) is 0.612. The van der Waals surface area contributed by atoms with Crippen molar-refractivity contribution in [2.24, 2.45) is 5.92 Å². The largest absolute Gasteiger partial charge is 0.381 e. The average molecular weight is 187 g/mol. The zero-order chi connectivity index (χ0) is 8.39. The fourth-order valence-corrected chi connectivity index (χ4v) is 1.59. The van der Waals surface area contributed by atoms with Crippen LogP contribution in [0, 0.1) is 5.92 Å². The van der Waals surface area contributed by atoms with E-state index in [0.29, 0.717) is 10.9 Å². The van der Waals surface area contributed by atoms with Crippen molar-refractivity contribution in [2.75, 3.05) is 13.2 Å². The fourth-order valence-electron chi connectivity index (χ4n) is 1.43. The topological polar surface area (TPSA) is 27.1 Å². The molecule has 3 nitrogen and oxygen atoms in total. The molecule has 1 fully saturated rings. The maximum Gasteiger partial charge on any atom is 0.0785 e. The summed E-state index contributed by atoms with van der Waals surface area (Å²) in [5, 5.41) is 4.81. The van der Waals surface area contributed by atoms with Gasteiger partial charge in [0.2, 0.25) is 0 Å². The van der Waals surface area contributed by atoms with Crippen LogP contribution >= 0.6 is 11.6 Å². The summed E-state index contributed by atoms with van der Waals surface area (Å²) in [6, 6.07) is 0. The molecule has 66 valence electrons. The van der Waals surface area contributed by atoms with Crippen LogP contribution in [-0.2, 0) is 11.3 Å². The maximum atomic E-state index is 5.73. The average Bonchev–Trinajstić information content (AvgIpc) is 2.63. The predicted octanol–water partition coefficient (Wildman–Crippen LogP) is 1.57. The smallest absolute Gasteiger partial charge is 0.0785 e. The summed E-state index contributed by atoms with van der Waals surface area (Å²) in [5.41, 5.74) is 0. The third-order valence-corrected chi connectivity index (χ3v) is 2.27. The standard InChI is InChI=1S/C8H11ClN2O/c9-8-3-10-11(5-8)4-7-1-2-12-6-7/h3,5,7H,1-2,4,6H2. The van der Waals surface area contributed by atoms with Gasteiger partial charge in [0.1, 0.15) is 0 Å². The molecule has 0 aliphatic carbocycles. The van der Waals surface area contributed by atoms with E-state index in [4.69, 9.17) is 16.3 Å². The summed E-state index contributed by atoms with van der Waals surface area (Å²) in [6.07, 6.45) is 4.65. The van der Waals surface area contributed by atoms with Crippen molar-refractivity contribution < 1.29 is 4.74 Å². The van der Waals surface area contributed by atoms with E-state index < -0.39 is 0 Å². The first-order valence-corrected chi connectivity index (χ1v) is 4.48. The lowest BCUT2D eigenvalue weighted by Crippen LogP contribution is -2.10. The molecule has 0 spiro atoms. The summed E-state index contributed by atoms with van der Waals surface area (Å²) in [6.45, 7) is 2.67. The monoisotopic (exact) mass is 186 g/mol. The van der Waals surface area contributed by atoms with Crippen LogP contribution in [0.3, 0.4) is 0 Å². The van der Waals surface area contributed by atoms with Crippen LogP contribution in [0.2, 0.25) is 5.02 Å². The van der Waals surface area contributed by atoms with Crippen LogP contribution in [0.25, 0.3) is 0 Å². The van der Waals surface area contributed by atoms with E-state index in [1.807, 2.05) is 10.9 Å². The molecule has 1 aromatic heterocycles. The Labute approximate surface area is 76.3 Å². The predicted molar refractivity (Wildman–Crippen MR) is 46.2 cm³/mol. The third kappa shape index (κ3) is 1.79. The number of halogens is 1. The van der Waals surface area contributed by atoms with Crippen molar-refractivity contribution in [3.05, 3.63) is 17.4 Å². The summed E-state index contributed by atoms with van der Waals surface area (Å²) >= 11 is 5.73. The van der Waals surface area contributed by atoms with Crippen LogP contribution < -0.4 is 0 Å². The van der Waals surface area contributed by atoms with Crippen molar-refractivity contribution in [3.8, 4) is 0 Å². The molecular formula is C8H11ClN2O. The summed E-state index contributed by atoms with van der Waals surface area (Å²) < 4.78 is 7.14. The van der Waals surface area contributed by atoms with E-state index >= 15 is 0 Å². The van der Waals surface area contributed by atoms with Gasteiger partial charge in [-0.2, -0.15) is 5.10 Å². The van der Waals surface area contributed by atoms with Gasteiger partial charge in [-0.25, -0.2) is 0 Å². The molecule has 1 aliphatic rings. The molecule has 1 atom stereocenters. The van der Waals surface area contributed by atoms with Gasteiger partial charge in [0, 0.05) is 25.3 Å². The van der Waals surface area contributed by atoms with Gasteiger partial charge in [0.05, 0.1) is 17.8 Å². The van der Waals surface area contributed by atoms with E-state index in [9.17, 15) is 0 Å². The quantitative estimate of drug-likeness (QED) is 0.701. The highest BCUT2D eigenvalue weighted by Crippen LogP contribution is 2.15. The molecule has 1 unspecified atom stereocenters. The van der Waals surface area contributed by atoms with Crippen LogP contribution in [0.4, 0.5) is 0 Å². The Balaban J connectivity index is 1.94. The molecule has 1 aliphatic heterocycles. The lowest BCUT2D eigenvalue weighted by atomic mass is 10.1. The second-order valence-corrected chi connectivity index (χ2v) is 3.55. The number of nitrogens with zero attached hydrogens (tertiary/aromatic N) is 2. The highest BCUT2D eigenvalue weighted by molar-refractivity contribution is 6.30. The minimum absolute atomic E-state index is 0.612. The normalized spacial score (nSPS) is 23.2. The number of aromatic nitrogens is 2. The van der Waals surface area contributed by atoms with Crippen molar-refractivity contribution >= 4 is 11.6 Å². The van der Waals surface area contributed by atoms with Crippen LogP contribution in [0.5, 0.6) is 0 Å². The zero-order valence-corrected chi connectivity index (χ0v) is 7.50. The number of hydrogen-bond donors (Lipinski definition) is 0. The molecule has 4 heteroatoms. The first-order chi connectivity index (χ1) is 5.84. The second kappa shape index (κ2) is 3.46. The molecule has 0 saturated carbocycles. The fraction of sp³-hybridized carbons (Fsp3) is 0.625. The SMILES string of the molecule is Clc1cnn(CC2CCOC2)c1. The molecule has 1 aromatic rings. The van der Waals surface area contributed by atoms with Gasteiger partial charge in [0.15, 0.2) is 0 Å².